The van der Waals surface area contributed by atoms with Gasteiger partial charge in [0.1, 0.15) is 11.6 Å². The van der Waals surface area contributed by atoms with Crippen LogP contribution in [0.3, 0.4) is 0 Å². The Morgan fingerprint density at radius 2 is 1.39 bits per heavy atom. The monoisotopic (exact) mass is 396 g/mol. The summed E-state index contributed by atoms with van der Waals surface area (Å²) in [4.78, 5) is 33.0. The highest BCUT2D eigenvalue weighted by Crippen LogP contribution is 2.30. The van der Waals surface area contributed by atoms with Crippen molar-refractivity contribution in [3.63, 3.8) is 0 Å². The van der Waals surface area contributed by atoms with Gasteiger partial charge < -0.3 is 9.57 Å². The Labute approximate surface area is 170 Å². The zero-order chi connectivity index (χ0) is 20.7. The Kier molecular flexibility index (Phi) is 8.59. The first kappa shape index (κ1) is 23.0. The van der Waals surface area contributed by atoms with Crippen LogP contribution in [-0.2, 0) is 14.4 Å². The summed E-state index contributed by atoms with van der Waals surface area (Å²) >= 11 is 0. The molecule has 0 aromatic rings. The Morgan fingerprint density at radius 1 is 0.929 bits per heavy atom. The van der Waals surface area contributed by atoms with Crippen LogP contribution in [0.5, 0.6) is 0 Å². The second-order valence-corrected chi connectivity index (χ2v) is 9.30. The van der Waals surface area contributed by atoms with E-state index in [-0.39, 0.29) is 5.97 Å². The molecular weight excluding hydrogens is 356 g/mol. The lowest BCUT2D eigenvalue weighted by atomic mass is 9.90. The Bertz CT molecular complexity index is 487. The van der Waals surface area contributed by atoms with Crippen LogP contribution in [0.4, 0.5) is 4.79 Å². The fraction of sp³-hybridized carbons (Fsp3) is 0.909. The molecule has 2 fully saturated rings. The van der Waals surface area contributed by atoms with Gasteiger partial charge >= 0.3 is 12.1 Å². The van der Waals surface area contributed by atoms with Crippen molar-refractivity contribution in [2.75, 3.05) is 6.54 Å². The second kappa shape index (κ2) is 10.5. The average molecular weight is 397 g/mol. The van der Waals surface area contributed by atoms with Crippen molar-refractivity contribution in [2.45, 2.75) is 123 Å². The number of hydroxylamine groups is 2. The number of likely N-dealkylation sites (N-methyl/N-ethyl adjacent to an activating group) is 1. The van der Waals surface area contributed by atoms with E-state index in [0.29, 0.717) is 18.6 Å². The fourth-order valence-electron chi connectivity index (χ4n) is 4.31. The molecule has 0 aliphatic heterocycles. The number of hydrogen-bond donors (Lipinski definition) is 0. The molecule has 2 saturated carbocycles. The lowest BCUT2D eigenvalue weighted by Crippen LogP contribution is -2.51. The van der Waals surface area contributed by atoms with Gasteiger partial charge in [0, 0.05) is 18.6 Å². The molecule has 0 spiro atoms. The first-order valence-corrected chi connectivity index (χ1v) is 11.2. The van der Waals surface area contributed by atoms with E-state index in [2.05, 4.69) is 0 Å². The van der Waals surface area contributed by atoms with Crippen LogP contribution in [0.2, 0.25) is 0 Å². The molecule has 0 radical (unpaired) electrons. The zero-order valence-electron chi connectivity index (χ0n) is 18.5. The second-order valence-electron chi connectivity index (χ2n) is 9.30. The van der Waals surface area contributed by atoms with E-state index in [4.69, 9.17) is 9.57 Å². The van der Waals surface area contributed by atoms with Gasteiger partial charge in [0.05, 0.1) is 0 Å². The highest BCUT2D eigenvalue weighted by atomic mass is 16.7. The van der Waals surface area contributed by atoms with Crippen molar-refractivity contribution in [1.82, 2.24) is 9.96 Å². The Hall–Kier alpha value is -1.30. The van der Waals surface area contributed by atoms with Crippen LogP contribution in [0.15, 0.2) is 0 Å². The zero-order valence-corrected chi connectivity index (χ0v) is 18.5. The van der Waals surface area contributed by atoms with Crippen molar-refractivity contribution in [3.8, 4) is 0 Å². The smallest absolute Gasteiger partial charge is 0.411 e. The van der Waals surface area contributed by atoms with Crippen LogP contribution < -0.4 is 0 Å². The standard InChI is InChI=1S/C22H40N2O4/c1-6-23(21(26)27-22(3,4)5)17(2)20(25)28-24(18-13-9-7-10-14-18)19-15-11-8-12-16-19/h17-19H,6-16H2,1-5H3/t17-/m1/s1. The van der Waals surface area contributed by atoms with E-state index in [0.717, 1.165) is 25.7 Å². The molecule has 2 aliphatic rings. The number of hydrogen-bond acceptors (Lipinski definition) is 5. The van der Waals surface area contributed by atoms with Gasteiger partial charge in [-0.2, -0.15) is 0 Å². The normalized spacial score (nSPS) is 20.6. The third kappa shape index (κ3) is 6.64. The Morgan fingerprint density at radius 3 is 1.79 bits per heavy atom. The van der Waals surface area contributed by atoms with E-state index in [1.54, 1.807) is 6.92 Å². The lowest BCUT2D eigenvalue weighted by molar-refractivity contribution is -0.227. The summed E-state index contributed by atoms with van der Waals surface area (Å²) in [6.07, 6.45) is 11.2. The minimum Gasteiger partial charge on any atom is -0.444 e. The van der Waals surface area contributed by atoms with E-state index in [9.17, 15) is 9.59 Å². The number of carbonyl (C=O) groups excluding carboxylic acids is 2. The maximum absolute atomic E-state index is 13.0. The summed E-state index contributed by atoms with van der Waals surface area (Å²) in [5, 5.41) is 2.01. The molecule has 1 atom stereocenters. The molecule has 0 heterocycles. The molecule has 0 aromatic carbocycles. The third-order valence-corrected chi connectivity index (χ3v) is 5.84. The highest BCUT2D eigenvalue weighted by molar-refractivity contribution is 5.81. The molecule has 0 bridgehead atoms. The number of rotatable bonds is 6. The topological polar surface area (TPSA) is 59.1 Å². The maximum atomic E-state index is 13.0. The largest absolute Gasteiger partial charge is 0.444 e. The molecule has 28 heavy (non-hydrogen) atoms. The van der Waals surface area contributed by atoms with Crippen LogP contribution in [0, 0.1) is 0 Å². The van der Waals surface area contributed by atoms with E-state index >= 15 is 0 Å². The van der Waals surface area contributed by atoms with Gasteiger partial charge in [-0.05, 0) is 60.3 Å². The summed E-state index contributed by atoms with van der Waals surface area (Å²) < 4.78 is 5.47. The molecule has 0 N–H and O–H groups in total. The first-order chi connectivity index (χ1) is 13.2. The minimum atomic E-state index is -0.672. The lowest BCUT2D eigenvalue weighted by Gasteiger charge is -2.40. The molecule has 162 valence electrons. The van der Waals surface area contributed by atoms with Crippen LogP contribution >= 0.6 is 0 Å². The minimum absolute atomic E-state index is 0.310. The summed E-state index contributed by atoms with van der Waals surface area (Å²) in [5.74, 6) is -0.358. The van der Waals surface area contributed by atoms with Crippen LogP contribution in [0.1, 0.15) is 98.8 Å². The van der Waals surface area contributed by atoms with Gasteiger partial charge in [0.2, 0.25) is 0 Å². The molecule has 0 unspecified atom stereocenters. The van der Waals surface area contributed by atoms with Crippen molar-refractivity contribution >= 4 is 12.1 Å². The van der Waals surface area contributed by atoms with Gasteiger partial charge in [0.15, 0.2) is 0 Å². The SMILES string of the molecule is CCN(C(=O)OC(C)(C)C)[C@H](C)C(=O)ON(C1CCCCC1)C1CCCCC1. The van der Waals surface area contributed by atoms with Crippen molar-refractivity contribution in [2.24, 2.45) is 0 Å². The summed E-state index contributed by atoms with van der Waals surface area (Å²) in [6, 6.07) is -0.0521. The quantitative estimate of drug-likeness (QED) is 0.588. The molecule has 1 amide bonds. The Balaban J connectivity index is 2.06. The molecule has 2 rings (SSSR count). The molecule has 2 aliphatic carbocycles. The maximum Gasteiger partial charge on any atom is 0.411 e. The summed E-state index contributed by atoms with van der Waals surface area (Å²) in [6.45, 7) is 9.47. The van der Waals surface area contributed by atoms with E-state index in [1.807, 2.05) is 32.8 Å². The average Bonchev–Trinajstić information content (AvgIpc) is 2.66. The van der Waals surface area contributed by atoms with Crippen molar-refractivity contribution in [1.29, 1.82) is 0 Å². The highest BCUT2D eigenvalue weighted by Gasteiger charge is 2.36. The van der Waals surface area contributed by atoms with Gasteiger partial charge in [-0.15, -0.1) is 5.06 Å². The number of nitrogens with zero attached hydrogens (tertiary/aromatic N) is 2. The number of amides is 1. The van der Waals surface area contributed by atoms with Gasteiger partial charge in [-0.3, -0.25) is 4.90 Å². The van der Waals surface area contributed by atoms with Gasteiger partial charge in [0.25, 0.3) is 0 Å². The molecule has 0 saturated heterocycles. The van der Waals surface area contributed by atoms with Gasteiger partial charge in [-0.25, -0.2) is 9.59 Å². The molecule has 0 aromatic heterocycles. The van der Waals surface area contributed by atoms with Gasteiger partial charge in [-0.1, -0.05) is 38.5 Å². The van der Waals surface area contributed by atoms with E-state index in [1.165, 1.54) is 43.4 Å². The molecule has 6 nitrogen and oxygen atoms in total. The predicted octanol–water partition coefficient (Wildman–Crippen LogP) is 5.06. The molecular formula is C22H40N2O4. The van der Waals surface area contributed by atoms with Crippen molar-refractivity contribution in [3.05, 3.63) is 0 Å². The molecule has 6 heteroatoms. The first-order valence-electron chi connectivity index (χ1n) is 11.2. The summed E-state index contributed by atoms with van der Waals surface area (Å²) in [7, 11) is 0. The third-order valence-electron chi connectivity index (χ3n) is 5.84. The summed E-state index contributed by atoms with van der Waals surface area (Å²) in [5.41, 5.74) is -0.593. The fourth-order valence-corrected chi connectivity index (χ4v) is 4.31. The van der Waals surface area contributed by atoms with Crippen LogP contribution in [0.25, 0.3) is 0 Å². The van der Waals surface area contributed by atoms with Crippen molar-refractivity contribution < 1.29 is 19.2 Å². The predicted molar refractivity (Wildman–Crippen MR) is 110 cm³/mol. The van der Waals surface area contributed by atoms with Crippen LogP contribution in [-0.4, -0.2) is 52.3 Å². The number of carbonyl (C=O) groups is 2. The van der Waals surface area contributed by atoms with E-state index < -0.39 is 17.7 Å². The number of ether oxygens (including phenoxy) is 1.